The Kier molecular flexibility index (Phi) is 13.1. The fraction of sp³-hybridized carbons (Fsp3) is 0.889. The van der Waals surface area contributed by atoms with Crippen molar-refractivity contribution < 1.29 is 29.9 Å². The van der Waals surface area contributed by atoms with Gasteiger partial charge in [-0.3, -0.25) is 0 Å². The van der Waals surface area contributed by atoms with Crippen molar-refractivity contribution in [2.24, 2.45) is 5.11 Å². The van der Waals surface area contributed by atoms with Crippen LogP contribution in [0, 0.1) is 0 Å². The molecule has 0 aromatic carbocycles. The Labute approximate surface area is 160 Å². The van der Waals surface area contributed by atoms with Crippen molar-refractivity contribution in [3.63, 3.8) is 0 Å². The Hall–Kier alpha value is -1.19. The lowest BCUT2D eigenvalue weighted by Gasteiger charge is -2.39. The maximum atomic E-state index is 9.84. The molecule has 0 saturated carbocycles. The second kappa shape index (κ2) is 14.8. The maximum Gasteiger partial charge on any atom is 0.187 e. The van der Waals surface area contributed by atoms with E-state index in [4.69, 9.17) is 20.1 Å². The van der Waals surface area contributed by atoms with Crippen LogP contribution in [0.4, 0.5) is 0 Å². The molecule has 1 aliphatic heterocycles. The zero-order valence-electron chi connectivity index (χ0n) is 15.8. The molecule has 0 bridgehead atoms. The first-order valence-electron chi connectivity index (χ1n) is 9.69. The molecule has 1 aliphatic rings. The summed E-state index contributed by atoms with van der Waals surface area (Å²) in [6.45, 7) is 0.342. The number of allylic oxidation sites excluding steroid dienone is 1. The number of azide groups is 1. The molecule has 0 spiro atoms. The van der Waals surface area contributed by atoms with Crippen molar-refractivity contribution in [3.05, 3.63) is 22.6 Å². The number of rotatable bonds is 14. The average Bonchev–Trinajstić information content (AvgIpc) is 2.68. The molecule has 1 heterocycles. The summed E-state index contributed by atoms with van der Waals surface area (Å²) in [5.74, 6) is 0. The van der Waals surface area contributed by atoms with Crippen LogP contribution in [0.1, 0.15) is 51.4 Å². The first kappa shape index (κ1) is 23.8. The van der Waals surface area contributed by atoms with Crippen LogP contribution in [-0.2, 0) is 9.47 Å². The van der Waals surface area contributed by atoms with Gasteiger partial charge in [0.15, 0.2) is 6.29 Å². The SMILES string of the molecule is [N-]=[N+]=NCCCCCCCCC/C=C/CO[C@@H]1OC(CO)[C@H](O)[C@H](O)C1O. The van der Waals surface area contributed by atoms with Gasteiger partial charge in [-0.2, -0.15) is 0 Å². The predicted octanol–water partition coefficient (Wildman–Crippen LogP) is 1.79. The molecule has 1 saturated heterocycles. The van der Waals surface area contributed by atoms with Crippen LogP contribution in [0.3, 0.4) is 0 Å². The molecule has 0 aromatic rings. The standard InChI is InChI=1S/C18H33N3O6/c19-21-20-11-9-7-5-3-1-2-4-6-8-10-12-26-18-17(25)16(24)15(23)14(13-22)27-18/h8,10,14-18,22-25H,1-7,9,11-13H2/b10-8+/t14?,15-,16-,17?,18+/m0/s1. The van der Waals surface area contributed by atoms with E-state index in [0.29, 0.717) is 6.54 Å². The van der Waals surface area contributed by atoms with E-state index in [9.17, 15) is 15.3 Å². The van der Waals surface area contributed by atoms with Crippen molar-refractivity contribution in [2.45, 2.75) is 82.1 Å². The Morgan fingerprint density at radius 2 is 1.59 bits per heavy atom. The van der Waals surface area contributed by atoms with Crippen LogP contribution in [0.5, 0.6) is 0 Å². The second-order valence-electron chi connectivity index (χ2n) is 6.72. The van der Waals surface area contributed by atoms with Gasteiger partial charge < -0.3 is 29.9 Å². The minimum atomic E-state index is -1.41. The molecule has 9 nitrogen and oxygen atoms in total. The highest BCUT2D eigenvalue weighted by molar-refractivity contribution is 4.89. The van der Waals surface area contributed by atoms with E-state index in [2.05, 4.69) is 10.0 Å². The highest BCUT2D eigenvalue weighted by atomic mass is 16.7. The molecule has 27 heavy (non-hydrogen) atoms. The quantitative estimate of drug-likeness (QED) is 0.117. The van der Waals surface area contributed by atoms with Crippen LogP contribution in [-0.4, -0.2) is 70.9 Å². The topological polar surface area (TPSA) is 148 Å². The first-order valence-corrected chi connectivity index (χ1v) is 9.69. The molecular formula is C18H33N3O6. The van der Waals surface area contributed by atoms with Gasteiger partial charge in [0.05, 0.1) is 13.2 Å². The molecule has 2 unspecified atom stereocenters. The highest BCUT2D eigenvalue weighted by Crippen LogP contribution is 2.21. The first-order chi connectivity index (χ1) is 13.1. The minimum absolute atomic E-state index is 0.216. The van der Waals surface area contributed by atoms with E-state index in [-0.39, 0.29) is 6.61 Å². The van der Waals surface area contributed by atoms with Gasteiger partial charge in [0, 0.05) is 11.5 Å². The third-order valence-electron chi connectivity index (χ3n) is 4.56. The van der Waals surface area contributed by atoms with Crippen LogP contribution in [0.15, 0.2) is 17.3 Å². The summed E-state index contributed by atoms with van der Waals surface area (Å²) in [6, 6.07) is 0. The monoisotopic (exact) mass is 387 g/mol. The van der Waals surface area contributed by atoms with Gasteiger partial charge in [-0.25, -0.2) is 0 Å². The van der Waals surface area contributed by atoms with Crippen LogP contribution in [0.2, 0.25) is 0 Å². The summed E-state index contributed by atoms with van der Waals surface area (Å²) < 4.78 is 10.6. The highest BCUT2D eigenvalue weighted by Gasteiger charge is 2.43. The van der Waals surface area contributed by atoms with Crippen LogP contribution < -0.4 is 0 Å². The average molecular weight is 387 g/mol. The Balaban J connectivity index is 2.02. The largest absolute Gasteiger partial charge is 0.394 e. The molecule has 0 radical (unpaired) electrons. The van der Waals surface area contributed by atoms with Gasteiger partial charge in [-0.05, 0) is 24.8 Å². The molecule has 0 aliphatic carbocycles. The molecule has 1 fully saturated rings. The lowest BCUT2D eigenvalue weighted by Crippen LogP contribution is -2.59. The number of hydrogen-bond acceptors (Lipinski definition) is 7. The van der Waals surface area contributed by atoms with Crippen molar-refractivity contribution in [1.29, 1.82) is 0 Å². The van der Waals surface area contributed by atoms with Crippen molar-refractivity contribution >= 4 is 0 Å². The lowest BCUT2D eigenvalue weighted by molar-refractivity contribution is -0.298. The predicted molar refractivity (Wildman–Crippen MR) is 99.8 cm³/mol. The molecule has 0 aromatic heterocycles. The molecular weight excluding hydrogens is 354 g/mol. The normalized spacial score (nSPS) is 28.4. The smallest absolute Gasteiger partial charge is 0.187 e. The number of nitrogens with zero attached hydrogens (tertiary/aromatic N) is 3. The van der Waals surface area contributed by atoms with E-state index in [1.54, 1.807) is 0 Å². The molecule has 9 heteroatoms. The summed E-state index contributed by atoms with van der Waals surface area (Å²) in [7, 11) is 0. The number of unbranched alkanes of at least 4 members (excludes halogenated alkanes) is 7. The zero-order chi connectivity index (χ0) is 19.9. The third kappa shape index (κ3) is 9.53. The fourth-order valence-corrected chi connectivity index (χ4v) is 2.91. The fourth-order valence-electron chi connectivity index (χ4n) is 2.91. The van der Waals surface area contributed by atoms with Crippen molar-refractivity contribution in [2.75, 3.05) is 19.8 Å². The van der Waals surface area contributed by atoms with Gasteiger partial charge in [-0.15, -0.1) is 0 Å². The molecule has 5 atom stereocenters. The lowest BCUT2D eigenvalue weighted by atomic mass is 9.99. The Bertz CT molecular complexity index is 456. The summed E-state index contributed by atoms with van der Waals surface area (Å²) in [5, 5.41) is 41.8. The number of aliphatic hydroxyl groups is 4. The Morgan fingerprint density at radius 1 is 0.926 bits per heavy atom. The second-order valence-corrected chi connectivity index (χ2v) is 6.72. The van der Waals surface area contributed by atoms with Gasteiger partial charge >= 0.3 is 0 Å². The van der Waals surface area contributed by atoms with E-state index in [1.807, 2.05) is 12.2 Å². The maximum absolute atomic E-state index is 9.84. The summed E-state index contributed by atoms with van der Waals surface area (Å²) in [5.41, 5.74) is 8.16. The van der Waals surface area contributed by atoms with E-state index in [1.165, 1.54) is 19.3 Å². The van der Waals surface area contributed by atoms with Crippen molar-refractivity contribution in [3.8, 4) is 0 Å². The third-order valence-corrected chi connectivity index (χ3v) is 4.56. The van der Waals surface area contributed by atoms with Gasteiger partial charge in [0.25, 0.3) is 0 Å². The van der Waals surface area contributed by atoms with Crippen LogP contribution >= 0.6 is 0 Å². The number of aliphatic hydroxyl groups excluding tert-OH is 4. The summed E-state index contributed by atoms with van der Waals surface area (Å²) >= 11 is 0. The van der Waals surface area contributed by atoms with Gasteiger partial charge in [-0.1, -0.05) is 49.4 Å². The minimum Gasteiger partial charge on any atom is -0.394 e. The zero-order valence-corrected chi connectivity index (χ0v) is 15.8. The van der Waals surface area contributed by atoms with E-state index >= 15 is 0 Å². The molecule has 1 rings (SSSR count). The number of ether oxygens (including phenoxy) is 2. The summed E-state index contributed by atoms with van der Waals surface area (Å²) in [6.07, 6.45) is 6.48. The van der Waals surface area contributed by atoms with Crippen molar-refractivity contribution in [1.82, 2.24) is 0 Å². The van der Waals surface area contributed by atoms with Crippen LogP contribution in [0.25, 0.3) is 10.4 Å². The number of hydrogen-bond donors (Lipinski definition) is 4. The molecule has 156 valence electrons. The summed E-state index contributed by atoms with van der Waals surface area (Å²) in [4.78, 5) is 2.73. The Morgan fingerprint density at radius 3 is 2.26 bits per heavy atom. The van der Waals surface area contributed by atoms with E-state index < -0.39 is 37.3 Å². The molecule has 4 N–H and O–H groups in total. The van der Waals surface area contributed by atoms with Gasteiger partial charge in [0.1, 0.15) is 24.4 Å². The van der Waals surface area contributed by atoms with E-state index in [0.717, 1.165) is 32.1 Å². The van der Waals surface area contributed by atoms with Gasteiger partial charge in [0.2, 0.25) is 0 Å². The molecule has 0 amide bonds.